The Balaban J connectivity index is 1.45. The Morgan fingerprint density at radius 2 is 1.78 bits per heavy atom. The highest BCUT2D eigenvalue weighted by atomic mass is 19.4. The quantitative estimate of drug-likeness (QED) is 0.623. The second-order valence-corrected chi connectivity index (χ2v) is 7.89. The van der Waals surface area contributed by atoms with Crippen molar-refractivity contribution in [2.75, 3.05) is 13.1 Å². The van der Waals surface area contributed by atoms with Crippen LogP contribution in [0.1, 0.15) is 45.6 Å². The Morgan fingerprint density at radius 1 is 1.06 bits per heavy atom. The van der Waals surface area contributed by atoms with Gasteiger partial charge in [0.25, 0.3) is 5.91 Å². The molecule has 0 bridgehead atoms. The molecule has 1 fully saturated rings. The summed E-state index contributed by atoms with van der Waals surface area (Å²) in [6, 6.07) is 10.2. The number of hydrogen-bond donors (Lipinski definition) is 1. The molecule has 1 aromatic carbocycles. The van der Waals surface area contributed by atoms with Crippen molar-refractivity contribution >= 4 is 5.91 Å². The lowest BCUT2D eigenvalue weighted by Crippen LogP contribution is -2.25. The summed E-state index contributed by atoms with van der Waals surface area (Å²) in [4.78, 5) is 19.0. The molecule has 3 aromatic rings. The van der Waals surface area contributed by atoms with Gasteiger partial charge in [0.05, 0.1) is 23.0 Å². The number of alkyl halides is 3. The van der Waals surface area contributed by atoms with Crippen LogP contribution in [0.5, 0.6) is 0 Å². The van der Waals surface area contributed by atoms with Crippen LogP contribution in [0, 0.1) is 6.92 Å². The van der Waals surface area contributed by atoms with Gasteiger partial charge in [0, 0.05) is 19.3 Å². The molecule has 1 saturated heterocycles. The first-order valence-electron chi connectivity index (χ1n) is 10.5. The van der Waals surface area contributed by atoms with E-state index in [1.807, 2.05) is 18.2 Å². The van der Waals surface area contributed by atoms with Crippen LogP contribution in [0.2, 0.25) is 0 Å². The average molecular weight is 443 g/mol. The van der Waals surface area contributed by atoms with Crippen LogP contribution in [0.4, 0.5) is 13.2 Å². The molecule has 0 unspecified atom stereocenters. The van der Waals surface area contributed by atoms with E-state index in [2.05, 4.69) is 26.4 Å². The first kappa shape index (κ1) is 22.0. The molecule has 1 aliphatic rings. The van der Waals surface area contributed by atoms with Gasteiger partial charge in [-0.3, -0.25) is 9.69 Å². The molecule has 9 heteroatoms. The van der Waals surface area contributed by atoms with Crippen molar-refractivity contribution in [2.45, 2.75) is 39.0 Å². The fourth-order valence-electron chi connectivity index (χ4n) is 3.88. The number of nitrogens with zero attached hydrogens (tertiary/aromatic N) is 4. The summed E-state index contributed by atoms with van der Waals surface area (Å²) >= 11 is 0. The average Bonchev–Trinajstić information content (AvgIpc) is 3.42. The fourth-order valence-corrected chi connectivity index (χ4v) is 3.88. The van der Waals surface area contributed by atoms with Gasteiger partial charge in [-0.15, -0.1) is 0 Å². The number of pyridine rings is 1. The third-order valence-corrected chi connectivity index (χ3v) is 5.70. The number of aromatic nitrogens is 3. The van der Waals surface area contributed by atoms with E-state index in [1.54, 1.807) is 6.92 Å². The molecule has 0 saturated carbocycles. The Labute approximate surface area is 184 Å². The molecule has 1 amide bonds. The topological polar surface area (TPSA) is 63.1 Å². The van der Waals surface area contributed by atoms with Crippen LogP contribution in [0.3, 0.4) is 0 Å². The molecule has 0 spiro atoms. The molecule has 3 heterocycles. The third kappa shape index (κ3) is 4.83. The maximum absolute atomic E-state index is 12.8. The SMILES string of the molecule is Cc1c(C(=O)NCc2ccccc2CN2CCCC2)cnn1-c1ccc(C(F)(F)F)cn1. The summed E-state index contributed by atoms with van der Waals surface area (Å²) in [5.74, 6) is -0.0813. The number of hydrogen-bond acceptors (Lipinski definition) is 4. The summed E-state index contributed by atoms with van der Waals surface area (Å²) in [7, 11) is 0. The van der Waals surface area contributed by atoms with Crippen molar-refractivity contribution in [1.29, 1.82) is 0 Å². The van der Waals surface area contributed by atoms with Gasteiger partial charge in [-0.05, 0) is 56.1 Å². The minimum Gasteiger partial charge on any atom is -0.348 e. The number of rotatable bonds is 6. The Morgan fingerprint density at radius 3 is 2.44 bits per heavy atom. The third-order valence-electron chi connectivity index (χ3n) is 5.70. The second kappa shape index (κ2) is 9.12. The van der Waals surface area contributed by atoms with Gasteiger partial charge in [0.15, 0.2) is 5.82 Å². The molecule has 0 atom stereocenters. The molecular formula is C23H24F3N5O. The molecule has 0 aliphatic carbocycles. The number of amides is 1. The summed E-state index contributed by atoms with van der Waals surface area (Å²) < 4.78 is 39.6. The zero-order valence-corrected chi connectivity index (χ0v) is 17.7. The standard InChI is InChI=1S/C23H24F3N5O/c1-16-20(14-29-31(16)21-9-8-19(13-27-21)23(24,25)26)22(32)28-12-17-6-2-3-7-18(17)15-30-10-4-5-11-30/h2-3,6-9,13-14H,4-5,10-12,15H2,1H3,(H,28,32). The van der Waals surface area contributed by atoms with E-state index in [-0.39, 0.29) is 11.7 Å². The predicted molar refractivity (Wildman–Crippen MR) is 113 cm³/mol. The van der Waals surface area contributed by atoms with E-state index in [0.29, 0.717) is 17.8 Å². The van der Waals surface area contributed by atoms with Crippen LogP contribution >= 0.6 is 0 Å². The molecule has 6 nitrogen and oxygen atoms in total. The lowest BCUT2D eigenvalue weighted by atomic mass is 10.1. The number of likely N-dealkylation sites (tertiary alicyclic amines) is 1. The molecular weight excluding hydrogens is 419 g/mol. The van der Waals surface area contributed by atoms with Crippen LogP contribution in [-0.2, 0) is 19.3 Å². The molecule has 168 valence electrons. The number of nitrogens with one attached hydrogen (secondary N) is 1. The van der Waals surface area contributed by atoms with Gasteiger partial charge in [-0.2, -0.15) is 18.3 Å². The van der Waals surface area contributed by atoms with E-state index in [0.717, 1.165) is 37.5 Å². The monoisotopic (exact) mass is 443 g/mol. The lowest BCUT2D eigenvalue weighted by molar-refractivity contribution is -0.137. The molecule has 4 rings (SSSR count). The minimum absolute atomic E-state index is 0.213. The number of halogens is 3. The minimum atomic E-state index is -4.46. The van der Waals surface area contributed by atoms with Gasteiger partial charge in [0.1, 0.15) is 0 Å². The van der Waals surface area contributed by atoms with Gasteiger partial charge in [-0.1, -0.05) is 24.3 Å². The Hall–Kier alpha value is -3.20. The highest BCUT2D eigenvalue weighted by molar-refractivity contribution is 5.95. The van der Waals surface area contributed by atoms with E-state index < -0.39 is 11.7 Å². The molecule has 32 heavy (non-hydrogen) atoms. The van der Waals surface area contributed by atoms with Crippen LogP contribution in [-0.4, -0.2) is 38.7 Å². The number of carbonyl (C=O) groups is 1. The maximum Gasteiger partial charge on any atom is 0.417 e. The van der Waals surface area contributed by atoms with Crippen molar-refractivity contribution < 1.29 is 18.0 Å². The van der Waals surface area contributed by atoms with E-state index in [1.165, 1.54) is 35.4 Å². The van der Waals surface area contributed by atoms with Crippen molar-refractivity contribution in [1.82, 2.24) is 25.0 Å². The molecule has 0 radical (unpaired) electrons. The number of carbonyl (C=O) groups excluding carboxylic acids is 1. The zero-order valence-electron chi connectivity index (χ0n) is 17.7. The van der Waals surface area contributed by atoms with Gasteiger partial charge < -0.3 is 5.32 Å². The molecule has 2 aromatic heterocycles. The smallest absolute Gasteiger partial charge is 0.348 e. The van der Waals surface area contributed by atoms with E-state index in [9.17, 15) is 18.0 Å². The fraction of sp³-hybridized carbons (Fsp3) is 0.348. The highest BCUT2D eigenvalue weighted by Gasteiger charge is 2.30. The first-order valence-corrected chi connectivity index (χ1v) is 10.5. The first-order chi connectivity index (χ1) is 15.3. The van der Waals surface area contributed by atoms with E-state index in [4.69, 9.17) is 0 Å². The summed E-state index contributed by atoms with van der Waals surface area (Å²) in [6.45, 7) is 5.12. The Kier molecular flexibility index (Phi) is 6.27. The van der Waals surface area contributed by atoms with Crippen molar-refractivity contribution in [2.24, 2.45) is 0 Å². The van der Waals surface area contributed by atoms with Crippen LogP contribution in [0.25, 0.3) is 5.82 Å². The van der Waals surface area contributed by atoms with E-state index >= 15 is 0 Å². The summed E-state index contributed by atoms with van der Waals surface area (Å²) in [6.07, 6.45) is 0.139. The van der Waals surface area contributed by atoms with Gasteiger partial charge in [0.2, 0.25) is 0 Å². The number of benzene rings is 1. The van der Waals surface area contributed by atoms with Crippen molar-refractivity contribution in [3.8, 4) is 5.82 Å². The van der Waals surface area contributed by atoms with Crippen LogP contribution < -0.4 is 5.32 Å². The molecule has 1 N–H and O–H groups in total. The molecule has 1 aliphatic heterocycles. The summed E-state index contributed by atoms with van der Waals surface area (Å²) in [5.41, 5.74) is 2.26. The Bertz CT molecular complexity index is 1090. The second-order valence-electron chi connectivity index (χ2n) is 7.89. The normalized spacial score (nSPS) is 14.6. The van der Waals surface area contributed by atoms with Gasteiger partial charge >= 0.3 is 6.18 Å². The van der Waals surface area contributed by atoms with Crippen LogP contribution in [0.15, 0.2) is 48.8 Å². The largest absolute Gasteiger partial charge is 0.417 e. The lowest BCUT2D eigenvalue weighted by Gasteiger charge is -2.17. The van der Waals surface area contributed by atoms with Crippen molar-refractivity contribution in [3.63, 3.8) is 0 Å². The zero-order chi connectivity index (χ0) is 22.7. The summed E-state index contributed by atoms with van der Waals surface area (Å²) in [5, 5.41) is 7.08. The predicted octanol–water partition coefficient (Wildman–Crippen LogP) is 4.12. The highest BCUT2D eigenvalue weighted by Crippen LogP contribution is 2.28. The maximum atomic E-state index is 12.8. The van der Waals surface area contributed by atoms with Gasteiger partial charge in [-0.25, -0.2) is 9.67 Å². The van der Waals surface area contributed by atoms with Crippen molar-refractivity contribution in [3.05, 3.63) is 76.7 Å².